The molecule has 0 saturated carbocycles. The molecule has 0 aliphatic heterocycles. The molecule has 2 N–H and O–H groups in total. The van der Waals surface area contributed by atoms with E-state index in [1.165, 1.54) is 19.2 Å². The Kier molecular flexibility index (Phi) is 2.66. The van der Waals surface area contributed by atoms with Crippen LogP contribution < -0.4 is 5.32 Å². The van der Waals surface area contributed by atoms with Crippen molar-refractivity contribution in [1.82, 2.24) is 9.97 Å². The summed E-state index contributed by atoms with van der Waals surface area (Å²) in [6, 6.07) is 2.57. The highest BCUT2D eigenvalue weighted by Crippen LogP contribution is 2.22. The summed E-state index contributed by atoms with van der Waals surface area (Å²) in [4.78, 5) is 17.6. The Morgan fingerprint density at radius 1 is 1.62 bits per heavy atom. The molecule has 0 unspecified atom stereocenters. The van der Waals surface area contributed by atoms with Crippen molar-refractivity contribution in [1.29, 1.82) is 0 Å². The summed E-state index contributed by atoms with van der Waals surface area (Å²) >= 11 is 5.59. The zero-order valence-electron chi connectivity index (χ0n) is 8.17. The van der Waals surface area contributed by atoms with Gasteiger partial charge < -0.3 is 9.72 Å². The first-order valence-electron chi connectivity index (χ1n) is 4.30. The Labute approximate surface area is 94.6 Å². The molecule has 1 heterocycles. The number of ether oxygens (including phenoxy) is 1. The Morgan fingerprint density at radius 3 is 3.06 bits per heavy atom. The number of H-pyrrole nitrogens is 1. The third kappa shape index (κ3) is 1.92. The van der Waals surface area contributed by atoms with Gasteiger partial charge in [-0.25, -0.2) is 14.2 Å². The van der Waals surface area contributed by atoms with Crippen molar-refractivity contribution in [2.75, 3.05) is 12.4 Å². The fraction of sp³-hybridized carbons (Fsp3) is 0.111. The molecule has 1 aromatic heterocycles. The van der Waals surface area contributed by atoms with Crippen molar-refractivity contribution in [2.24, 2.45) is 0 Å². The van der Waals surface area contributed by atoms with Crippen molar-refractivity contribution in [3.8, 4) is 0 Å². The van der Waals surface area contributed by atoms with Crippen LogP contribution in [-0.4, -0.2) is 23.2 Å². The zero-order chi connectivity index (χ0) is 11.7. The normalized spacial score (nSPS) is 10.4. The summed E-state index contributed by atoms with van der Waals surface area (Å²) in [6.45, 7) is 0. The molecule has 0 aliphatic carbocycles. The van der Waals surface area contributed by atoms with E-state index in [1.807, 2.05) is 0 Å². The van der Waals surface area contributed by atoms with Crippen molar-refractivity contribution in [2.45, 2.75) is 0 Å². The first-order valence-corrected chi connectivity index (χ1v) is 4.67. The Hall–Kier alpha value is -1.82. The molecule has 84 valence electrons. The van der Waals surface area contributed by atoms with Gasteiger partial charge in [-0.3, -0.25) is 5.32 Å². The largest absolute Gasteiger partial charge is 0.453 e. The monoisotopic (exact) mass is 243 g/mol. The first kappa shape index (κ1) is 10.7. The third-order valence-corrected chi connectivity index (χ3v) is 2.22. The fourth-order valence-electron chi connectivity index (χ4n) is 1.21. The standard InChI is InChI=1S/C9H7ClFN3O2/c1-16-9(15)14-8-12-6-2-4(10)5(11)3-7(6)13-8/h2-3H,1H3,(H2,12,13,14,15). The van der Waals surface area contributed by atoms with Gasteiger partial charge in [0.1, 0.15) is 5.82 Å². The van der Waals surface area contributed by atoms with E-state index < -0.39 is 11.9 Å². The van der Waals surface area contributed by atoms with Crippen molar-refractivity contribution in [3.63, 3.8) is 0 Å². The number of nitrogens with one attached hydrogen (secondary N) is 2. The minimum Gasteiger partial charge on any atom is -0.453 e. The highest BCUT2D eigenvalue weighted by atomic mass is 35.5. The minimum atomic E-state index is -0.661. The Balaban J connectivity index is 2.40. The highest BCUT2D eigenvalue weighted by molar-refractivity contribution is 6.31. The topological polar surface area (TPSA) is 67.0 Å². The lowest BCUT2D eigenvalue weighted by atomic mass is 10.3. The van der Waals surface area contributed by atoms with Gasteiger partial charge >= 0.3 is 6.09 Å². The van der Waals surface area contributed by atoms with Gasteiger partial charge in [0.05, 0.1) is 23.2 Å². The van der Waals surface area contributed by atoms with E-state index >= 15 is 0 Å². The second-order valence-electron chi connectivity index (χ2n) is 2.99. The lowest BCUT2D eigenvalue weighted by Gasteiger charge is -1.96. The molecule has 5 nitrogen and oxygen atoms in total. The van der Waals surface area contributed by atoms with Crippen LogP contribution in [-0.2, 0) is 4.74 Å². The zero-order valence-corrected chi connectivity index (χ0v) is 8.93. The minimum absolute atomic E-state index is 0.0244. The van der Waals surface area contributed by atoms with Crippen LogP contribution in [0.1, 0.15) is 0 Å². The molecular formula is C9H7ClFN3O2. The van der Waals surface area contributed by atoms with E-state index in [1.54, 1.807) is 0 Å². The molecule has 7 heteroatoms. The maximum absolute atomic E-state index is 13.1. The smallest absolute Gasteiger partial charge is 0.413 e. The van der Waals surface area contributed by atoms with Gasteiger partial charge in [0, 0.05) is 6.07 Å². The number of rotatable bonds is 1. The van der Waals surface area contributed by atoms with Crippen LogP contribution in [0.4, 0.5) is 15.1 Å². The molecule has 0 fully saturated rings. The number of hydrogen-bond acceptors (Lipinski definition) is 3. The number of nitrogens with zero attached hydrogens (tertiary/aromatic N) is 1. The van der Waals surface area contributed by atoms with Crippen LogP contribution in [0, 0.1) is 5.82 Å². The molecule has 0 radical (unpaired) electrons. The van der Waals surface area contributed by atoms with Gasteiger partial charge in [0.25, 0.3) is 0 Å². The summed E-state index contributed by atoms with van der Waals surface area (Å²) in [5, 5.41) is 2.30. The summed E-state index contributed by atoms with van der Waals surface area (Å²) in [7, 11) is 1.23. The number of carbonyl (C=O) groups is 1. The number of anilines is 1. The number of aromatic nitrogens is 2. The van der Waals surface area contributed by atoms with E-state index in [0.717, 1.165) is 0 Å². The number of aromatic amines is 1. The number of fused-ring (bicyclic) bond motifs is 1. The van der Waals surface area contributed by atoms with Gasteiger partial charge in [0.15, 0.2) is 0 Å². The second-order valence-corrected chi connectivity index (χ2v) is 3.39. The number of halogens is 2. The molecule has 16 heavy (non-hydrogen) atoms. The summed E-state index contributed by atoms with van der Waals surface area (Å²) in [5.74, 6) is -0.383. The van der Waals surface area contributed by atoms with E-state index in [-0.39, 0.29) is 11.0 Å². The Morgan fingerprint density at radius 2 is 2.38 bits per heavy atom. The van der Waals surface area contributed by atoms with Crippen molar-refractivity contribution < 1.29 is 13.9 Å². The molecule has 0 atom stereocenters. The predicted octanol–water partition coefficient (Wildman–Crippen LogP) is 2.53. The van der Waals surface area contributed by atoms with Crippen LogP contribution in [0.3, 0.4) is 0 Å². The SMILES string of the molecule is COC(=O)Nc1nc2cc(Cl)c(F)cc2[nH]1. The summed E-state index contributed by atoms with van der Waals surface area (Å²) < 4.78 is 17.5. The summed E-state index contributed by atoms with van der Waals surface area (Å²) in [5.41, 5.74) is 0.895. The molecular weight excluding hydrogens is 237 g/mol. The van der Waals surface area contributed by atoms with Crippen LogP contribution in [0.2, 0.25) is 5.02 Å². The number of amides is 1. The van der Waals surface area contributed by atoms with E-state index in [9.17, 15) is 9.18 Å². The lowest BCUT2D eigenvalue weighted by molar-refractivity contribution is 0.186. The predicted molar refractivity (Wildman–Crippen MR) is 57.1 cm³/mol. The average molecular weight is 244 g/mol. The highest BCUT2D eigenvalue weighted by Gasteiger charge is 2.09. The van der Waals surface area contributed by atoms with E-state index in [4.69, 9.17) is 11.6 Å². The molecule has 1 amide bonds. The van der Waals surface area contributed by atoms with Gasteiger partial charge in [0.2, 0.25) is 5.95 Å². The van der Waals surface area contributed by atoms with Gasteiger partial charge in [-0.15, -0.1) is 0 Å². The van der Waals surface area contributed by atoms with Crippen LogP contribution >= 0.6 is 11.6 Å². The van der Waals surface area contributed by atoms with Gasteiger partial charge in [-0.1, -0.05) is 11.6 Å². The number of imidazole rings is 1. The maximum atomic E-state index is 13.1. The van der Waals surface area contributed by atoms with Gasteiger partial charge in [-0.05, 0) is 6.07 Å². The molecule has 1 aromatic carbocycles. The molecule has 0 spiro atoms. The van der Waals surface area contributed by atoms with Crippen molar-refractivity contribution in [3.05, 3.63) is 23.0 Å². The molecule has 2 aromatic rings. The van der Waals surface area contributed by atoms with Gasteiger partial charge in [-0.2, -0.15) is 0 Å². The summed E-state index contributed by atoms with van der Waals surface area (Å²) in [6.07, 6.45) is -0.661. The molecule has 2 rings (SSSR count). The average Bonchev–Trinajstić information content (AvgIpc) is 2.60. The third-order valence-electron chi connectivity index (χ3n) is 1.93. The number of benzene rings is 1. The fourth-order valence-corrected chi connectivity index (χ4v) is 1.37. The molecule has 0 saturated heterocycles. The van der Waals surface area contributed by atoms with Crippen LogP contribution in [0.5, 0.6) is 0 Å². The van der Waals surface area contributed by atoms with Crippen LogP contribution in [0.15, 0.2) is 12.1 Å². The lowest BCUT2D eigenvalue weighted by Crippen LogP contribution is -2.11. The second kappa shape index (κ2) is 3.97. The quantitative estimate of drug-likeness (QED) is 0.809. The van der Waals surface area contributed by atoms with E-state index in [2.05, 4.69) is 20.0 Å². The number of hydrogen-bond donors (Lipinski definition) is 2. The first-order chi connectivity index (χ1) is 7.60. The molecule has 0 bridgehead atoms. The van der Waals surface area contributed by atoms with E-state index in [0.29, 0.717) is 11.0 Å². The molecule has 0 aliphatic rings. The Bertz CT molecular complexity index is 516. The number of carbonyl (C=O) groups excluding carboxylic acids is 1. The van der Waals surface area contributed by atoms with Crippen molar-refractivity contribution >= 4 is 34.7 Å². The number of methoxy groups -OCH3 is 1. The van der Waals surface area contributed by atoms with Crippen LogP contribution in [0.25, 0.3) is 11.0 Å². The maximum Gasteiger partial charge on any atom is 0.413 e.